The average Bonchev–Trinajstić information content (AvgIpc) is 3.03. The van der Waals surface area contributed by atoms with Gasteiger partial charge >= 0.3 is 0 Å². The van der Waals surface area contributed by atoms with Crippen LogP contribution < -0.4 is 5.32 Å². The number of imidazole rings is 1. The lowest BCUT2D eigenvalue weighted by atomic mass is 10.3. The molecule has 1 aliphatic rings. The zero-order valence-corrected chi connectivity index (χ0v) is 12.2. The summed E-state index contributed by atoms with van der Waals surface area (Å²) in [6.45, 7) is 5.81. The zero-order chi connectivity index (χ0) is 13.1. The van der Waals surface area contributed by atoms with E-state index >= 15 is 0 Å². The molecule has 5 heteroatoms. The molecule has 1 fully saturated rings. The number of nitrogens with zero attached hydrogens (tertiary/aromatic N) is 2. The van der Waals surface area contributed by atoms with Gasteiger partial charge in [0.15, 0.2) is 4.96 Å². The Bertz CT molecular complexity index is 530. The van der Waals surface area contributed by atoms with Crippen LogP contribution in [0.5, 0.6) is 0 Å². The summed E-state index contributed by atoms with van der Waals surface area (Å²) in [7, 11) is 0. The van der Waals surface area contributed by atoms with Crippen LogP contribution in [0.25, 0.3) is 4.96 Å². The fraction of sp³-hybridized carbons (Fsp3) is 0.643. The molecule has 0 atom stereocenters. The molecule has 0 spiro atoms. The van der Waals surface area contributed by atoms with Crippen LogP contribution in [-0.2, 0) is 11.3 Å². The molecule has 104 valence electrons. The van der Waals surface area contributed by atoms with E-state index in [1.165, 1.54) is 18.5 Å². The number of nitrogens with one attached hydrogen (secondary N) is 1. The first-order valence-corrected chi connectivity index (χ1v) is 7.92. The van der Waals surface area contributed by atoms with E-state index in [4.69, 9.17) is 4.74 Å². The van der Waals surface area contributed by atoms with E-state index in [0.717, 1.165) is 49.3 Å². The summed E-state index contributed by atoms with van der Waals surface area (Å²) in [5.74, 6) is 0.870. The fourth-order valence-corrected chi connectivity index (χ4v) is 2.97. The SMILES string of the molecule is Cc1nc2sccn2c1CNCCCOCC1CC1. The van der Waals surface area contributed by atoms with Crippen LogP contribution in [0.15, 0.2) is 11.6 Å². The van der Waals surface area contributed by atoms with E-state index < -0.39 is 0 Å². The van der Waals surface area contributed by atoms with E-state index in [9.17, 15) is 0 Å². The quantitative estimate of drug-likeness (QED) is 0.755. The molecule has 1 saturated carbocycles. The van der Waals surface area contributed by atoms with Crippen molar-refractivity contribution >= 4 is 16.3 Å². The van der Waals surface area contributed by atoms with Crippen molar-refractivity contribution in [2.24, 2.45) is 5.92 Å². The maximum Gasteiger partial charge on any atom is 0.194 e. The van der Waals surface area contributed by atoms with Gasteiger partial charge < -0.3 is 10.1 Å². The maximum atomic E-state index is 5.62. The van der Waals surface area contributed by atoms with Crippen LogP contribution in [0, 0.1) is 12.8 Å². The molecular formula is C14H21N3OS. The Morgan fingerprint density at radius 1 is 1.53 bits per heavy atom. The second kappa shape index (κ2) is 6.03. The Morgan fingerprint density at radius 3 is 3.26 bits per heavy atom. The van der Waals surface area contributed by atoms with Crippen LogP contribution in [0.2, 0.25) is 0 Å². The first kappa shape index (κ1) is 13.1. The third-order valence-corrected chi connectivity index (χ3v) is 4.30. The van der Waals surface area contributed by atoms with Gasteiger partial charge in [0.05, 0.1) is 11.4 Å². The van der Waals surface area contributed by atoms with Crippen molar-refractivity contribution in [1.29, 1.82) is 0 Å². The van der Waals surface area contributed by atoms with Crippen LogP contribution in [0.4, 0.5) is 0 Å². The topological polar surface area (TPSA) is 38.6 Å². The van der Waals surface area contributed by atoms with Crippen molar-refractivity contribution in [1.82, 2.24) is 14.7 Å². The summed E-state index contributed by atoms with van der Waals surface area (Å²) >= 11 is 1.69. The van der Waals surface area contributed by atoms with Gasteiger partial charge in [-0.25, -0.2) is 4.98 Å². The van der Waals surface area contributed by atoms with E-state index in [1.807, 2.05) is 0 Å². The third kappa shape index (κ3) is 3.35. The van der Waals surface area contributed by atoms with Crippen molar-refractivity contribution in [2.45, 2.75) is 32.7 Å². The molecule has 0 bridgehead atoms. The Balaban J connectivity index is 1.37. The molecule has 0 aromatic carbocycles. The highest BCUT2D eigenvalue weighted by atomic mass is 32.1. The van der Waals surface area contributed by atoms with Crippen LogP contribution in [-0.4, -0.2) is 29.1 Å². The average molecular weight is 279 g/mol. The monoisotopic (exact) mass is 279 g/mol. The molecule has 0 amide bonds. The van der Waals surface area contributed by atoms with Crippen molar-refractivity contribution < 1.29 is 4.74 Å². The number of fused-ring (bicyclic) bond motifs is 1. The molecule has 1 N–H and O–H groups in total. The van der Waals surface area contributed by atoms with Gasteiger partial charge in [-0.2, -0.15) is 0 Å². The van der Waals surface area contributed by atoms with Crippen molar-refractivity contribution in [2.75, 3.05) is 19.8 Å². The van der Waals surface area contributed by atoms with E-state index in [1.54, 1.807) is 11.3 Å². The molecule has 1 aliphatic carbocycles. The van der Waals surface area contributed by atoms with E-state index in [0.29, 0.717) is 0 Å². The lowest BCUT2D eigenvalue weighted by Crippen LogP contribution is -2.18. The third-order valence-electron chi connectivity index (χ3n) is 3.55. The second-order valence-electron chi connectivity index (χ2n) is 5.25. The van der Waals surface area contributed by atoms with Gasteiger partial charge in [-0.15, -0.1) is 11.3 Å². The van der Waals surface area contributed by atoms with Crippen LogP contribution in [0.3, 0.4) is 0 Å². The van der Waals surface area contributed by atoms with Gasteiger partial charge in [0.25, 0.3) is 0 Å². The number of rotatable bonds is 8. The molecule has 2 aromatic heterocycles. The second-order valence-corrected chi connectivity index (χ2v) is 6.12. The summed E-state index contributed by atoms with van der Waals surface area (Å²) in [4.78, 5) is 5.63. The molecule has 0 unspecified atom stereocenters. The molecular weight excluding hydrogens is 258 g/mol. The number of hydrogen-bond donors (Lipinski definition) is 1. The molecule has 0 saturated heterocycles. The lowest BCUT2D eigenvalue weighted by Gasteiger charge is -2.06. The minimum atomic E-state index is 0.870. The largest absolute Gasteiger partial charge is 0.381 e. The fourth-order valence-electron chi connectivity index (χ4n) is 2.19. The molecule has 2 heterocycles. The molecule has 0 aliphatic heterocycles. The lowest BCUT2D eigenvalue weighted by molar-refractivity contribution is 0.122. The zero-order valence-electron chi connectivity index (χ0n) is 11.4. The highest BCUT2D eigenvalue weighted by Gasteiger charge is 2.20. The van der Waals surface area contributed by atoms with Crippen molar-refractivity contribution in [3.8, 4) is 0 Å². The number of hydrogen-bond acceptors (Lipinski definition) is 4. The first-order valence-electron chi connectivity index (χ1n) is 7.04. The van der Waals surface area contributed by atoms with Gasteiger partial charge in [0.1, 0.15) is 0 Å². The Kier molecular flexibility index (Phi) is 4.15. The molecule has 2 aromatic rings. The summed E-state index contributed by atoms with van der Waals surface area (Å²) in [5, 5.41) is 5.56. The molecule has 4 nitrogen and oxygen atoms in total. The van der Waals surface area contributed by atoms with Gasteiger partial charge in [0, 0.05) is 31.3 Å². The predicted molar refractivity (Wildman–Crippen MR) is 77.7 cm³/mol. The molecule has 19 heavy (non-hydrogen) atoms. The normalized spacial score (nSPS) is 15.4. The highest BCUT2D eigenvalue weighted by Crippen LogP contribution is 2.28. The van der Waals surface area contributed by atoms with Crippen LogP contribution in [0.1, 0.15) is 30.7 Å². The number of aromatic nitrogens is 2. The minimum absolute atomic E-state index is 0.870. The first-order chi connectivity index (χ1) is 9.34. The maximum absolute atomic E-state index is 5.62. The van der Waals surface area contributed by atoms with Gasteiger partial charge in [-0.1, -0.05) is 0 Å². The Labute approximate surface area is 117 Å². The minimum Gasteiger partial charge on any atom is -0.381 e. The predicted octanol–water partition coefficient (Wildman–Crippen LogP) is 2.61. The number of ether oxygens (including phenoxy) is 1. The summed E-state index contributed by atoms with van der Waals surface area (Å²) in [6.07, 6.45) is 5.91. The molecule has 0 radical (unpaired) electrons. The summed E-state index contributed by atoms with van der Waals surface area (Å²) in [6, 6.07) is 0. The Morgan fingerprint density at radius 2 is 2.42 bits per heavy atom. The van der Waals surface area contributed by atoms with Gasteiger partial charge in [-0.05, 0) is 38.6 Å². The number of thiazole rings is 1. The van der Waals surface area contributed by atoms with Gasteiger partial charge in [0.2, 0.25) is 0 Å². The van der Waals surface area contributed by atoms with Gasteiger partial charge in [-0.3, -0.25) is 4.40 Å². The summed E-state index contributed by atoms with van der Waals surface area (Å²) in [5.41, 5.74) is 2.40. The van der Waals surface area contributed by atoms with E-state index in [2.05, 4.69) is 33.2 Å². The van der Waals surface area contributed by atoms with Crippen LogP contribution >= 0.6 is 11.3 Å². The standard InChI is InChI=1S/C14H21N3OS/c1-11-13(17-6-8-19-14(17)16-11)9-15-5-2-7-18-10-12-3-4-12/h6,8,12,15H,2-5,7,9-10H2,1H3. The number of aryl methyl sites for hydroxylation is 1. The van der Waals surface area contributed by atoms with E-state index in [-0.39, 0.29) is 0 Å². The highest BCUT2D eigenvalue weighted by molar-refractivity contribution is 7.15. The summed E-state index contributed by atoms with van der Waals surface area (Å²) < 4.78 is 7.80. The van der Waals surface area contributed by atoms with Crippen molar-refractivity contribution in [3.05, 3.63) is 23.0 Å². The van der Waals surface area contributed by atoms with Crippen molar-refractivity contribution in [3.63, 3.8) is 0 Å². The smallest absolute Gasteiger partial charge is 0.194 e. The Hall–Kier alpha value is -0.910. The molecule has 3 rings (SSSR count).